The van der Waals surface area contributed by atoms with Crippen molar-refractivity contribution < 1.29 is 13.9 Å². The van der Waals surface area contributed by atoms with Crippen LogP contribution < -0.4 is 5.56 Å². The first-order valence-electron chi connectivity index (χ1n) is 9.94. The van der Waals surface area contributed by atoms with Gasteiger partial charge < -0.3 is 4.74 Å². The molecule has 5 nitrogen and oxygen atoms in total. The van der Waals surface area contributed by atoms with Crippen molar-refractivity contribution in [2.24, 2.45) is 0 Å². The Bertz CT molecular complexity index is 1260. The van der Waals surface area contributed by atoms with E-state index in [-0.39, 0.29) is 23.8 Å². The van der Waals surface area contributed by atoms with Gasteiger partial charge in [0.2, 0.25) is 0 Å². The zero-order valence-corrected chi connectivity index (χ0v) is 17.8. The van der Waals surface area contributed by atoms with Gasteiger partial charge >= 0.3 is 5.97 Å². The van der Waals surface area contributed by atoms with Gasteiger partial charge in [0, 0.05) is 30.3 Å². The maximum absolute atomic E-state index is 13.5. The van der Waals surface area contributed by atoms with E-state index in [4.69, 9.17) is 9.72 Å². The summed E-state index contributed by atoms with van der Waals surface area (Å²) in [6.07, 6.45) is 1.20. The number of hydrogen-bond acceptors (Lipinski definition) is 5. The quantitative estimate of drug-likeness (QED) is 0.390. The zero-order chi connectivity index (χ0) is 21.8. The van der Waals surface area contributed by atoms with Crippen molar-refractivity contribution in [2.45, 2.75) is 25.8 Å². The summed E-state index contributed by atoms with van der Waals surface area (Å²) in [6.45, 7) is 0.359. The first-order chi connectivity index (χ1) is 15.1. The predicted octanol–water partition coefficient (Wildman–Crippen LogP) is 4.81. The topological polar surface area (TPSA) is 61.2 Å². The second-order valence-electron chi connectivity index (χ2n) is 7.16. The van der Waals surface area contributed by atoms with Crippen molar-refractivity contribution in [3.05, 3.63) is 87.5 Å². The molecule has 0 amide bonds. The Kier molecular flexibility index (Phi) is 6.23. The lowest BCUT2D eigenvalue weighted by molar-refractivity contribution is -0.140. The first-order valence-corrected chi connectivity index (χ1v) is 10.8. The minimum atomic E-state index is -0.327. The number of thiophene rings is 1. The smallest absolute Gasteiger partial charge is 0.305 e. The average molecular weight is 437 g/mol. The van der Waals surface area contributed by atoms with E-state index < -0.39 is 0 Å². The van der Waals surface area contributed by atoms with Crippen LogP contribution in [0.4, 0.5) is 4.39 Å². The molecule has 158 valence electrons. The number of esters is 1. The van der Waals surface area contributed by atoms with E-state index in [9.17, 15) is 14.0 Å². The van der Waals surface area contributed by atoms with Crippen molar-refractivity contribution in [1.82, 2.24) is 9.55 Å². The number of hydrogen-bond donors (Lipinski definition) is 0. The van der Waals surface area contributed by atoms with Gasteiger partial charge in [-0.3, -0.25) is 14.2 Å². The fourth-order valence-corrected chi connectivity index (χ4v) is 4.49. The van der Waals surface area contributed by atoms with Crippen molar-refractivity contribution in [2.75, 3.05) is 7.11 Å². The van der Waals surface area contributed by atoms with E-state index in [1.54, 1.807) is 16.7 Å². The summed E-state index contributed by atoms with van der Waals surface area (Å²) >= 11 is 1.40. The highest BCUT2D eigenvalue weighted by Crippen LogP contribution is 2.31. The Labute approximate surface area is 182 Å². The van der Waals surface area contributed by atoms with E-state index in [1.807, 2.05) is 35.7 Å². The minimum Gasteiger partial charge on any atom is -0.469 e. The third-order valence-electron chi connectivity index (χ3n) is 5.12. The molecule has 0 radical (unpaired) electrons. The molecule has 0 aliphatic rings. The molecule has 4 aromatic rings. The number of halogens is 1. The molecule has 0 bridgehead atoms. The van der Waals surface area contributed by atoms with Gasteiger partial charge in [0.15, 0.2) is 0 Å². The molecule has 0 N–H and O–H groups in total. The summed E-state index contributed by atoms with van der Waals surface area (Å²) in [5.41, 5.74) is 2.40. The molecule has 4 rings (SSSR count). The number of carbonyl (C=O) groups excluding carboxylic acids is 1. The van der Waals surface area contributed by atoms with E-state index in [0.717, 1.165) is 16.7 Å². The van der Waals surface area contributed by atoms with Crippen LogP contribution in [0.25, 0.3) is 21.3 Å². The molecule has 0 unspecified atom stereocenters. The standard InChI is InChI=1S/C24H21FN2O3S/c1-30-21(28)8-5-13-27-20(14-16-6-3-2-4-7-16)26-23-22(24(27)29)19(15-31-23)17-9-11-18(25)12-10-17/h2-4,6-7,9-12,15H,5,8,13-14H2,1H3. The Balaban J connectivity index is 1.80. The van der Waals surface area contributed by atoms with Crippen LogP contribution in [-0.2, 0) is 22.5 Å². The molecule has 31 heavy (non-hydrogen) atoms. The zero-order valence-electron chi connectivity index (χ0n) is 17.0. The van der Waals surface area contributed by atoms with Crippen molar-refractivity contribution in [3.63, 3.8) is 0 Å². The van der Waals surface area contributed by atoms with Crippen LogP contribution in [0.5, 0.6) is 0 Å². The van der Waals surface area contributed by atoms with Crippen LogP contribution in [0.2, 0.25) is 0 Å². The summed E-state index contributed by atoms with van der Waals surface area (Å²) in [6, 6.07) is 15.9. The predicted molar refractivity (Wildman–Crippen MR) is 120 cm³/mol. The maximum atomic E-state index is 13.5. The van der Waals surface area contributed by atoms with Gasteiger partial charge in [-0.1, -0.05) is 42.5 Å². The molecule has 0 aliphatic carbocycles. The monoisotopic (exact) mass is 436 g/mol. The summed E-state index contributed by atoms with van der Waals surface area (Å²) in [7, 11) is 1.35. The summed E-state index contributed by atoms with van der Waals surface area (Å²) in [5.74, 6) is 0.0158. The highest BCUT2D eigenvalue weighted by molar-refractivity contribution is 7.17. The number of methoxy groups -OCH3 is 1. The highest BCUT2D eigenvalue weighted by atomic mass is 32.1. The van der Waals surface area contributed by atoms with Gasteiger partial charge in [0.05, 0.1) is 12.5 Å². The van der Waals surface area contributed by atoms with E-state index in [0.29, 0.717) is 35.4 Å². The fourth-order valence-electron chi connectivity index (χ4n) is 3.54. The maximum Gasteiger partial charge on any atom is 0.305 e. The second-order valence-corrected chi connectivity index (χ2v) is 8.02. The van der Waals surface area contributed by atoms with Gasteiger partial charge in [0.25, 0.3) is 5.56 Å². The van der Waals surface area contributed by atoms with Gasteiger partial charge in [-0.05, 0) is 29.7 Å². The Morgan fingerprint density at radius 2 is 1.87 bits per heavy atom. The summed E-state index contributed by atoms with van der Waals surface area (Å²) in [4.78, 5) is 30.5. The summed E-state index contributed by atoms with van der Waals surface area (Å²) < 4.78 is 19.7. The molecule has 0 spiro atoms. The molecule has 2 heterocycles. The van der Waals surface area contributed by atoms with Gasteiger partial charge in [-0.25, -0.2) is 9.37 Å². The molecular weight excluding hydrogens is 415 g/mol. The number of aromatic nitrogens is 2. The number of nitrogens with zero attached hydrogens (tertiary/aromatic N) is 2. The Hall–Kier alpha value is -3.32. The molecule has 0 fully saturated rings. The number of carbonyl (C=O) groups is 1. The van der Waals surface area contributed by atoms with Crippen molar-refractivity contribution >= 4 is 27.5 Å². The molecule has 7 heteroatoms. The van der Waals surface area contributed by atoms with Crippen LogP contribution in [0.1, 0.15) is 24.2 Å². The number of ether oxygens (including phenoxy) is 1. The van der Waals surface area contributed by atoms with Crippen LogP contribution in [0.15, 0.2) is 64.8 Å². The molecule has 2 aromatic heterocycles. The Morgan fingerprint density at radius 3 is 2.58 bits per heavy atom. The SMILES string of the molecule is COC(=O)CCCn1c(Cc2ccccc2)nc2scc(-c3ccc(F)cc3)c2c1=O. The lowest BCUT2D eigenvalue weighted by Crippen LogP contribution is -2.26. The van der Waals surface area contributed by atoms with Crippen LogP contribution in [-0.4, -0.2) is 22.6 Å². The van der Waals surface area contributed by atoms with Crippen molar-refractivity contribution in [3.8, 4) is 11.1 Å². The first kappa shape index (κ1) is 20.9. The molecule has 0 saturated carbocycles. The minimum absolute atomic E-state index is 0.152. The average Bonchev–Trinajstić information content (AvgIpc) is 3.21. The fraction of sp³-hybridized carbons (Fsp3) is 0.208. The van der Waals surface area contributed by atoms with E-state index >= 15 is 0 Å². The van der Waals surface area contributed by atoms with Crippen LogP contribution in [0.3, 0.4) is 0 Å². The normalized spacial score (nSPS) is 11.0. The molecule has 0 saturated heterocycles. The second kappa shape index (κ2) is 9.22. The lowest BCUT2D eigenvalue weighted by Gasteiger charge is -2.13. The third-order valence-corrected chi connectivity index (χ3v) is 6.00. The molecule has 0 atom stereocenters. The summed E-state index contributed by atoms with van der Waals surface area (Å²) in [5, 5.41) is 2.41. The number of fused-ring (bicyclic) bond motifs is 1. The lowest BCUT2D eigenvalue weighted by atomic mass is 10.1. The van der Waals surface area contributed by atoms with Crippen LogP contribution >= 0.6 is 11.3 Å². The van der Waals surface area contributed by atoms with Crippen molar-refractivity contribution in [1.29, 1.82) is 0 Å². The van der Waals surface area contributed by atoms with E-state index in [1.165, 1.54) is 30.6 Å². The Morgan fingerprint density at radius 1 is 1.13 bits per heavy atom. The number of rotatable bonds is 7. The molecule has 2 aromatic carbocycles. The number of benzene rings is 2. The molecule has 0 aliphatic heterocycles. The molecular formula is C24H21FN2O3S. The van der Waals surface area contributed by atoms with Gasteiger partial charge in [-0.2, -0.15) is 0 Å². The van der Waals surface area contributed by atoms with Gasteiger partial charge in [0.1, 0.15) is 16.5 Å². The van der Waals surface area contributed by atoms with E-state index in [2.05, 4.69) is 0 Å². The third kappa shape index (κ3) is 4.56. The van der Waals surface area contributed by atoms with Gasteiger partial charge in [-0.15, -0.1) is 11.3 Å². The largest absolute Gasteiger partial charge is 0.469 e. The van der Waals surface area contributed by atoms with Crippen LogP contribution in [0, 0.1) is 5.82 Å². The highest BCUT2D eigenvalue weighted by Gasteiger charge is 2.18.